The van der Waals surface area contributed by atoms with Gasteiger partial charge in [-0.15, -0.1) is 0 Å². The number of nitrogens with one attached hydrogen (secondary N) is 1. The van der Waals surface area contributed by atoms with E-state index in [1.165, 1.54) is 12.1 Å². The Kier molecular flexibility index (Phi) is 1.85. The van der Waals surface area contributed by atoms with Gasteiger partial charge >= 0.3 is 0 Å². The fourth-order valence-electron chi connectivity index (χ4n) is 1.42. The van der Waals surface area contributed by atoms with Crippen molar-refractivity contribution in [3.8, 4) is 0 Å². The predicted octanol–water partition coefficient (Wildman–Crippen LogP) is 1.64. The second kappa shape index (κ2) is 3.01. The quantitative estimate of drug-likeness (QED) is 0.661. The van der Waals surface area contributed by atoms with Crippen LogP contribution in [0.2, 0.25) is 0 Å². The van der Waals surface area contributed by atoms with Crippen LogP contribution in [0.25, 0.3) is 6.08 Å². The number of aldehydes is 1. The highest BCUT2D eigenvalue weighted by molar-refractivity contribution is 5.69. The van der Waals surface area contributed by atoms with Crippen molar-refractivity contribution in [3.63, 3.8) is 0 Å². The number of carbonyl (C=O) groups is 1. The number of benzene rings is 1. The highest BCUT2D eigenvalue weighted by Gasteiger charge is 2.15. The lowest BCUT2D eigenvalue weighted by Crippen LogP contribution is -2.20. The molecule has 2 nitrogen and oxygen atoms in total. The van der Waals surface area contributed by atoms with Gasteiger partial charge in [-0.05, 0) is 35.5 Å². The zero-order valence-electron chi connectivity index (χ0n) is 6.83. The highest BCUT2D eigenvalue weighted by atomic mass is 19.1. The summed E-state index contributed by atoms with van der Waals surface area (Å²) in [5.74, 6) is -0.282. The van der Waals surface area contributed by atoms with Gasteiger partial charge < -0.3 is 10.1 Å². The minimum Gasteiger partial charge on any atom is -0.378 e. The Balaban J connectivity index is 2.53. The molecule has 13 heavy (non-hydrogen) atoms. The number of fused-ring (bicyclic) bond motifs is 1. The molecule has 0 bridgehead atoms. The summed E-state index contributed by atoms with van der Waals surface area (Å²) in [5.41, 5.74) is 1.58. The van der Waals surface area contributed by atoms with E-state index >= 15 is 0 Å². The van der Waals surface area contributed by atoms with Gasteiger partial charge in [0.05, 0.1) is 0 Å². The molecule has 2 rings (SSSR count). The van der Waals surface area contributed by atoms with Gasteiger partial charge in [0.2, 0.25) is 0 Å². The fourth-order valence-corrected chi connectivity index (χ4v) is 1.42. The Morgan fingerprint density at radius 2 is 2.31 bits per heavy atom. The molecule has 0 saturated carbocycles. The van der Waals surface area contributed by atoms with E-state index in [0.717, 1.165) is 17.4 Å². The van der Waals surface area contributed by atoms with Crippen LogP contribution in [0.4, 0.5) is 4.39 Å². The molecule has 1 N–H and O–H groups in total. The number of hydrogen-bond acceptors (Lipinski definition) is 2. The summed E-state index contributed by atoms with van der Waals surface area (Å²) in [7, 11) is 0. The van der Waals surface area contributed by atoms with E-state index in [9.17, 15) is 9.18 Å². The molecule has 0 aliphatic carbocycles. The maximum absolute atomic E-state index is 12.8. The SMILES string of the molecule is O=CC1NC=Cc2cc(F)ccc21. The molecule has 0 aromatic heterocycles. The van der Waals surface area contributed by atoms with Crippen molar-refractivity contribution in [1.82, 2.24) is 5.32 Å². The van der Waals surface area contributed by atoms with Crippen LogP contribution < -0.4 is 5.32 Å². The standard InChI is InChI=1S/C10H8FNO/c11-8-1-2-9-7(5-8)3-4-12-10(9)6-13/h1-6,10,12H. The number of rotatable bonds is 1. The van der Waals surface area contributed by atoms with Crippen molar-refractivity contribution in [3.05, 3.63) is 41.3 Å². The molecule has 1 unspecified atom stereocenters. The molecule has 0 amide bonds. The molecule has 3 heteroatoms. The maximum atomic E-state index is 12.8. The Morgan fingerprint density at radius 1 is 1.46 bits per heavy atom. The second-order valence-electron chi connectivity index (χ2n) is 2.89. The van der Waals surface area contributed by atoms with E-state index in [2.05, 4.69) is 5.32 Å². The number of carbonyl (C=O) groups excluding carboxylic acids is 1. The molecule has 0 saturated heterocycles. The molecule has 1 aromatic carbocycles. The predicted molar refractivity (Wildman–Crippen MR) is 47.4 cm³/mol. The minimum absolute atomic E-state index is 0.282. The first-order valence-electron chi connectivity index (χ1n) is 3.98. The molecule has 0 radical (unpaired) electrons. The van der Waals surface area contributed by atoms with Crippen LogP contribution in [-0.4, -0.2) is 6.29 Å². The van der Waals surface area contributed by atoms with Crippen LogP contribution in [-0.2, 0) is 4.79 Å². The summed E-state index contributed by atoms with van der Waals surface area (Å²) >= 11 is 0. The van der Waals surface area contributed by atoms with Crippen LogP contribution >= 0.6 is 0 Å². The van der Waals surface area contributed by atoms with E-state index in [4.69, 9.17) is 0 Å². The Hall–Kier alpha value is -1.64. The number of halogens is 1. The molecule has 1 atom stereocenters. The van der Waals surface area contributed by atoms with Gasteiger partial charge in [-0.1, -0.05) is 6.07 Å². The van der Waals surface area contributed by atoms with Crippen LogP contribution in [0.3, 0.4) is 0 Å². The topological polar surface area (TPSA) is 29.1 Å². The van der Waals surface area contributed by atoms with Crippen molar-refractivity contribution in [2.45, 2.75) is 6.04 Å². The Morgan fingerprint density at radius 3 is 3.08 bits per heavy atom. The Labute approximate surface area is 75.1 Å². The zero-order chi connectivity index (χ0) is 9.26. The van der Waals surface area contributed by atoms with Gasteiger partial charge in [-0.2, -0.15) is 0 Å². The highest BCUT2D eigenvalue weighted by Crippen LogP contribution is 2.22. The van der Waals surface area contributed by atoms with Gasteiger partial charge in [0, 0.05) is 0 Å². The van der Waals surface area contributed by atoms with Crippen molar-refractivity contribution in [1.29, 1.82) is 0 Å². The molecule has 1 heterocycles. The summed E-state index contributed by atoms with van der Waals surface area (Å²) in [5, 5.41) is 2.87. The molecule has 0 spiro atoms. The van der Waals surface area contributed by atoms with Crippen molar-refractivity contribution < 1.29 is 9.18 Å². The zero-order valence-corrected chi connectivity index (χ0v) is 6.83. The van der Waals surface area contributed by atoms with Crippen LogP contribution in [0.5, 0.6) is 0 Å². The van der Waals surface area contributed by atoms with E-state index in [-0.39, 0.29) is 11.9 Å². The first-order valence-corrected chi connectivity index (χ1v) is 3.98. The molecule has 1 aromatic rings. The summed E-state index contributed by atoms with van der Waals surface area (Å²) in [6, 6.07) is 4.06. The average molecular weight is 177 g/mol. The van der Waals surface area contributed by atoms with Crippen LogP contribution in [0, 0.1) is 5.82 Å². The van der Waals surface area contributed by atoms with Crippen LogP contribution in [0.1, 0.15) is 17.2 Å². The van der Waals surface area contributed by atoms with Crippen molar-refractivity contribution in [2.24, 2.45) is 0 Å². The van der Waals surface area contributed by atoms with E-state index < -0.39 is 0 Å². The van der Waals surface area contributed by atoms with Gasteiger partial charge in [0.25, 0.3) is 0 Å². The molecule has 1 aliphatic heterocycles. The molecule has 1 aliphatic rings. The maximum Gasteiger partial charge on any atom is 0.146 e. The summed E-state index contributed by atoms with van der Waals surface area (Å²) in [4.78, 5) is 10.6. The largest absolute Gasteiger partial charge is 0.378 e. The van der Waals surface area contributed by atoms with Gasteiger partial charge in [-0.25, -0.2) is 4.39 Å². The monoisotopic (exact) mass is 177 g/mol. The molecular formula is C10H8FNO. The van der Waals surface area contributed by atoms with Gasteiger partial charge in [0.1, 0.15) is 18.1 Å². The van der Waals surface area contributed by atoms with Gasteiger partial charge in [0.15, 0.2) is 0 Å². The third-order valence-electron chi connectivity index (χ3n) is 2.06. The smallest absolute Gasteiger partial charge is 0.146 e. The minimum atomic E-state index is -0.347. The normalized spacial score (nSPS) is 19.0. The first-order chi connectivity index (χ1) is 6.31. The molecule has 66 valence electrons. The average Bonchev–Trinajstić information content (AvgIpc) is 2.16. The van der Waals surface area contributed by atoms with E-state index in [0.29, 0.717) is 0 Å². The molecular weight excluding hydrogens is 169 g/mol. The lowest BCUT2D eigenvalue weighted by molar-refractivity contribution is -0.109. The van der Waals surface area contributed by atoms with Crippen molar-refractivity contribution in [2.75, 3.05) is 0 Å². The fraction of sp³-hybridized carbons (Fsp3) is 0.100. The summed E-state index contributed by atoms with van der Waals surface area (Å²) in [6.45, 7) is 0. The lowest BCUT2D eigenvalue weighted by atomic mass is 9.99. The third kappa shape index (κ3) is 1.33. The van der Waals surface area contributed by atoms with Gasteiger partial charge in [-0.3, -0.25) is 0 Å². The Bertz CT molecular complexity index is 373. The van der Waals surface area contributed by atoms with Crippen molar-refractivity contribution >= 4 is 12.4 Å². The first kappa shape index (κ1) is 7.98. The van der Waals surface area contributed by atoms with E-state index in [1.54, 1.807) is 18.3 Å². The second-order valence-corrected chi connectivity index (χ2v) is 2.89. The molecule has 0 fully saturated rings. The third-order valence-corrected chi connectivity index (χ3v) is 2.06. The summed E-state index contributed by atoms with van der Waals surface area (Å²) in [6.07, 6.45) is 4.21. The lowest BCUT2D eigenvalue weighted by Gasteiger charge is -2.18. The number of hydrogen-bond donors (Lipinski definition) is 1. The summed E-state index contributed by atoms with van der Waals surface area (Å²) < 4.78 is 12.8. The van der Waals surface area contributed by atoms with E-state index in [1.807, 2.05) is 0 Å². The van der Waals surface area contributed by atoms with Crippen LogP contribution in [0.15, 0.2) is 24.4 Å².